The summed E-state index contributed by atoms with van der Waals surface area (Å²) in [7, 11) is 0. The molecule has 1 fully saturated rings. The maximum atomic E-state index is 12.8. The van der Waals surface area contributed by atoms with Crippen molar-refractivity contribution in [3.8, 4) is 5.75 Å². The van der Waals surface area contributed by atoms with E-state index in [0.717, 1.165) is 10.7 Å². The highest BCUT2D eigenvalue weighted by molar-refractivity contribution is 7.09. The van der Waals surface area contributed by atoms with Crippen LogP contribution in [-0.4, -0.2) is 52.8 Å². The Bertz CT molecular complexity index is 974. The average molecular weight is 411 g/mol. The van der Waals surface area contributed by atoms with Gasteiger partial charge in [-0.2, -0.15) is 0 Å². The van der Waals surface area contributed by atoms with Crippen molar-refractivity contribution in [2.45, 2.75) is 13.5 Å². The lowest BCUT2D eigenvalue weighted by atomic mass is 10.1. The van der Waals surface area contributed by atoms with Crippen molar-refractivity contribution < 1.29 is 18.7 Å². The van der Waals surface area contributed by atoms with Gasteiger partial charge in [-0.3, -0.25) is 9.59 Å². The predicted molar refractivity (Wildman–Crippen MR) is 108 cm³/mol. The molecule has 0 aliphatic carbocycles. The van der Waals surface area contributed by atoms with Crippen LogP contribution >= 0.6 is 11.3 Å². The van der Waals surface area contributed by atoms with E-state index in [4.69, 9.17) is 9.15 Å². The summed E-state index contributed by atoms with van der Waals surface area (Å²) in [5.41, 5.74) is 1.50. The molecule has 29 heavy (non-hydrogen) atoms. The normalized spacial score (nSPS) is 14.1. The number of thiazole rings is 1. The summed E-state index contributed by atoms with van der Waals surface area (Å²) in [6, 6.07) is 10.5. The Morgan fingerprint density at radius 2 is 1.76 bits per heavy atom. The first-order valence-electron chi connectivity index (χ1n) is 9.36. The van der Waals surface area contributed by atoms with Crippen molar-refractivity contribution in [1.29, 1.82) is 0 Å². The molecule has 1 aliphatic heterocycles. The molecule has 0 atom stereocenters. The number of nitrogens with zero attached hydrogens (tertiary/aromatic N) is 3. The molecule has 4 rings (SSSR count). The molecule has 0 saturated carbocycles. The van der Waals surface area contributed by atoms with Crippen LogP contribution in [0.5, 0.6) is 5.75 Å². The van der Waals surface area contributed by atoms with E-state index >= 15 is 0 Å². The average Bonchev–Trinajstić information content (AvgIpc) is 3.44. The van der Waals surface area contributed by atoms with Gasteiger partial charge in [-0.1, -0.05) is 0 Å². The number of benzene rings is 1. The number of furan rings is 1. The Morgan fingerprint density at radius 1 is 1.07 bits per heavy atom. The number of hydrogen-bond donors (Lipinski definition) is 0. The lowest BCUT2D eigenvalue weighted by Gasteiger charge is -2.34. The zero-order valence-corrected chi connectivity index (χ0v) is 16.9. The van der Waals surface area contributed by atoms with Gasteiger partial charge in [-0.05, 0) is 43.3 Å². The Kier molecular flexibility index (Phi) is 5.62. The quantitative estimate of drug-likeness (QED) is 0.644. The van der Waals surface area contributed by atoms with Crippen molar-refractivity contribution in [1.82, 2.24) is 14.8 Å². The highest BCUT2D eigenvalue weighted by Crippen LogP contribution is 2.18. The summed E-state index contributed by atoms with van der Waals surface area (Å²) in [5, 5.41) is 2.99. The van der Waals surface area contributed by atoms with Gasteiger partial charge in [0.1, 0.15) is 12.4 Å². The number of carbonyl (C=O) groups excluding carboxylic acids is 2. The molecule has 7 nitrogen and oxygen atoms in total. The van der Waals surface area contributed by atoms with Gasteiger partial charge in [0.2, 0.25) is 0 Å². The van der Waals surface area contributed by atoms with Gasteiger partial charge in [0.15, 0.2) is 5.76 Å². The van der Waals surface area contributed by atoms with E-state index in [1.54, 1.807) is 57.5 Å². The lowest BCUT2D eigenvalue weighted by molar-refractivity contribution is 0.0518. The highest BCUT2D eigenvalue weighted by atomic mass is 32.1. The molecule has 3 aromatic rings. The number of hydrogen-bond acceptors (Lipinski definition) is 6. The van der Waals surface area contributed by atoms with Gasteiger partial charge < -0.3 is 19.0 Å². The number of carbonyl (C=O) groups is 2. The van der Waals surface area contributed by atoms with E-state index in [9.17, 15) is 9.59 Å². The number of piperazine rings is 1. The Hall–Kier alpha value is -3.13. The lowest BCUT2D eigenvalue weighted by Crippen LogP contribution is -2.50. The van der Waals surface area contributed by atoms with Gasteiger partial charge in [0.05, 0.1) is 17.0 Å². The molecule has 1 aliphatic rings. The van der Waals surface area contributed by atoms with Crippen LogP contribution in [0.4, 0.5) is 0 Å². The largest absolute Gasteiger partial charge is 0.487 e. The van der Waals surface area contributed by atoms with Crippen LogP contribution < -0.4 is 4.74 Å². The molecular weight excluding hydrogens is 390 g/mol. The van der Waals surface area contributed by atoms with Crippen LogP contribution in [0.2, 0.25) is 0 Å². The van der Waals surface area contributed by atoms with Gasteiger partial charge in [0, 0.05) is 37.1 Å². The molecule has 2 amide bonds. The summed E-state index contributed by atoms with van der Waals surface area (Å²) in [6.45, 7) is 4.32. The summed E-state index contributed by atoms with van der Waals surface area (Å²) < 4.78 is 10.9. The van der Waals surface area contributed by atoms with Crippen LogP contribution in [0.25, 0.3) is 0 Å². The van der Waals surface area contributed by atoms with Crippen molar-refractivity contribution in [2.24, 2.45) is 0 Å². The van der Waals surface area contributed by atoms with Crippen molar-refractivity contribution >= 4 is 23.2 Å². The Balaban J connectivity index is 1.30. The molecule has 0 bridgehead atoms. The van der Waals surface area contributed by atoms with Crippen molar-refractivity contribution in [2.75, 3.05) is 26.2 Å². The fourth-order valence-electron chi connectivity index (χ4n) is 3.18. The summed E-state index contributed by atoms with van der Waals surface area (Å²) in [6.07, 6.45) is 1.48. The molecule has 8 heteroatoms. The van der Waals surface area contributed by atoms with Crippen LogP contribution in [-0.2, 0) is 6.61 Å². The van der Waals surface area contributed by atoms with E-state index in [2.05, 4.69) is 4.98 Å². The Labute approximate surface area is 172 Å². The summed E-state index contributed by atoms with van der Waals surface area (Å²) >= 11 is 1.59. The first-order chi connectivity index (χ1) is 14.1. The zero-order valence-electron chi connectivity index (χ0n) is 16.0. The summed E-state index contributed by atoms with van der Waals surface area (Å²) in [5.74, 6) is 0.838. The fraction of sp³-hybridized carbons (Fsp3) is 0.286. The molecule has 150 valence electrons. The van der Waals surface area contributed by atoms with Gasteiger partial charge in [-0.15, -0.1) is 11.3 Å². The van der Waals surface area contributed by atoms with Gasteiger partial charge in [-0.25, -0.2) is 4.98 Å². The second kappa shape index (κ2) is 8.48. The monoisotopic (exact) mass is 411 g/mol. The number of ether oxygens (including phenoxy) is 1. The zero-order chi connectivity index (χ0) is 20.2. The molecule has 1 aromatic carbocycles. The van der Waals surface area contributed by atoms with Crippen LogP contribution in [0.1, 0.15) is 31.6 Å². The minimum Gasteiger partial charge on any atom is -0.487 e. The molecule has 0 N–H and O–H groups in total. The SMILES string of the molecule is Cc1nc(COc2ccc(C(=O)N3CCN(C(=O)c4ccco4)CC3)cc2)cs1. The topological polar surface area (TPSA) is 75.9 Å². The molecule has 2 aromatic heterocycles. The van der Waals surface area contributed by atoms with Crippen molar-refractivity contribution in [3.63, 3.8) is 0 Å². The third kappa shape index (κ3) is 4.48. The van der Waals surface area contributed by atoms with E-state index in [-0.39, 0.29) is 11.8 Å². The van der Waals surface area contributed by atoms with Crippen LogP contribution in [0, 0.1) is 6.92 Å². The number of rotatable bonds is 5. The maximum absolute atomic E-state index is 12.8. The summed E-state index contributed by atoms with van der Waals surface area (Å²) in [4.78, 5) is 32.9. The molecule has 1 saturated heterocycles. The van der Waals surface area contributed by atoms with E-state index in [0.29, 0.717) is 49.9 Å². The molecule has 0 spiro atoms. The molecule has 3 heterocycles. The predicted octanol–water partition coefficient (Wildman–Crippen LogP) is 3.22. The maximum Gasteiger partial charge on any atom is 0.289 e. The van der Waals surface area contributed by atoms with E-state index in [1.807, 2.05) is 12.3 Å². The molecular formula is C21H21N3O4S. The third-order valence-corrected chi connectivity index (χ3v) is 5.56. The second-order valence-electron chi connectivity index (χ2n) is 6.73. The van der Waals surface area contributed by atoms with Crippen molar-refractivity contribution in [3.05, 3.63) is 70.1 Å². The highest BCUT2D eigenvalue weighted by Gasteiger charge is 2.26. The second-order valence-corrected chi connectivity index (χ2v) is 7.79. The fourth-order valence-corrected chi connectivity index (χ4v) is 3.77. The number of aromatic nitrogens is 1. The number of aryl methyl sites for hydroxylation is 1. The van der Waals surface area contributed by atoms with Crippen LogP contribution in [0.3, 0.4) is 0 Å². The smallest absolute Gasteiger partial charge is 0.289 e. The Morgan fingerprint density at radius 3 is 2.34 bits per heavy atom. The first kappa shape index (κ1) is 19.2. The van der Waals surface area contributed by atoms with E-state index in [1.165, 1.54) is 6.26 Å². The molecule has 0 radical (unpaired) electrons. The number of amides is 2. The van der Waals surface area contributed by atoms with Gasteiger partial charge in [0.25, 0.3) is 11.8 Å². The third-order valence-electron chi connectivity index (χ3n) is 4.74. The van der Waals surface area contributed by atoms with E-state index < -0.39 is 0 Å². The first-order valence-corrected chi connectivity index (χ1v) is 10.2. The van der Waals surface area contributed by atoms with Crippen LogP contribution in [0.15, 0.2) is 52.5 Å². The van der Waals surface area contributed by atoms with Gasteiger partial charge >= 0.3 is 0 Å². The molecule has 0 unspecified atom stereocenters. The minimum atomic E-state index is -0.140. The minimum absolute atomic E-state index is 0.0447. The standard InChI is InChI=1S/C21H21N3O4S/c1-15-22-17(14-29-15)13-28-18-6-4-16(5-7-18)20(25)23-8-10-24(11-9-23)21(26)19-3-2-12-27-19/h2-7,12,14H,8-11,13H2,1H3.